The van der Waals surface area contributed by atoms with Crippen molar-refractivity contribution >= 4 is 39.8 Å². The molecule has 1 aliphatic heterocycles. The molecule has 1 saturated heterocycles. The van der Waals surface area contributed by atoms with E-state index in [0.29, 0.717) is 24.9 Å². The summed E-state index contributed by atoms with van der Waals surface area (Å²) >= 11 is 0. The average molecular weight is 467 g/mol. The Morgan fingerprint density at radius 2 is 1.75 bits per heavy atom. The van der Waals surface area contributed by atoms with Gasteiger partial charge in [0.25, 0.3) is 0 Å². The lowest BCUT2D eigenvalue weighted by Crippen LogP contribution is -2.38. The quantitative estimate of drug-likeness (QED) is 0.311. The Labute approximate surface area is 161 Å². The maximum absolute atomic E-state index is 11.4. The predicted octanol–water partition coefficient (Wildman–Crippen LogP) is 2.28. The van der Waals surface area contributed by atoms with Gasteiger partial charge in [-0.3, -0.25) is 0 Å². The number of ether oxygens (including phenoxy) is 1. The van der Waals surface area contributed by atoms with Gasteiger partial charge < -0.3 is 15.4 Å². The van der Waals surface area contributed by atoms with Crippen molar-refractivity contribution in [2.75, 3.05) is 32.5 Å². The average Bonchev–Trinajstić information content (AvgIpc) is 2.80. The fourth-order valence-electron chi connectivity index (χ4n) is 2.51. The lowest BCUT2D eigenvalue weighted by atomic mass is 10.2. The van der Waals surface area contributed by atoms with Crippen LogP contribution in [0.15, 0.2) is 34.2 Å². The molecule has 0 unspecified atom stereocenters. The first kappa shape index (κ1) is 21.0. The monoisotopic (exact) mass is 467 g/mol. The molecule has 0 amide bonds. The summed E-state index contributed by atoms with van der Waals surface area (Å²) in [5.41, 5.74) is 6.02. The molecule has 0 saturated carbocycles. The molecule has 0 aliphatic carbocycles. The highest BCUT2D eigenvalue weighted by molar-refractivity contribution is 14.0. The van der Waals surface area contributed by atoms with Crippen LogP contribution in [0, 0.1) is 0 Å². The molecule has 0 atom stereocenters. The smallest absolute Gasteiger partial charge is 0.191 e. The maximum Gasteiger partial charge on any atom is 0.191 e. The van der Waals surface area contributed by atoms with Crippen molar-refractivity contribution in [3.63, 3.8) is 0 Å². The Morgan fingerprint density at radius 3 is 2.29 bits per heavy atom. The third-order valence-electron chi connectivity index (χ3n) is 3.82. The summed E-state index contributed by atoms with van der Waals surface area (Å²) in [5.74, 6) is 1.21. The number of hydrogen-bond donors (Lipinski definition) is 1. The van der Waals surface area contributed by atoms with Crippen LogP contribution in [0.25, 0.3) is 0 Å². The SMILES string of the molecule is CS(=O)(=O)c1ccc(OCCN=C(N)N2CCCCCC2)cc1.I. The van der Waals surface area contributed by atoms with Gasteiger partial charge in [-0.2, -0.15) is 0 Å². The van der Waals surface area contributed by atoms with Gasteiger partial charge in [-0.25, -0.2) is 13.4 Å². The first-order valence-electron chi connectivity index (χ1n) is 7.94. The third-order valence-corrected chi connectivity index (χ3v) is 4.94. The van der Waals surface area contributed by atoms with Crippen LogP contribution < -0.4 is 10.5 Å². The number of guanidine groups is 1. The fraction of sp³-hybridized carbons (Fsp3) is 0.562. The Balaban J connectivity index is 0.00000288. The topological polar surface area (TPSA) is 85.0 Å². The van der Waals surface area contributed by atoms with Crippen LogP contribution in [0.4, 0.5) is 0 Å². The molecule has 2 rings (SSSR count). The maximum atomic E-state index is 11.4. The lowest BCUT2D eigenvalue weighted by Gasteiger charge is -2.21. The molecular weight excluding hydrogens is 441 g/mol. The van der Waals surface area contributed by atoms with E-state index in [1.807, 2.05) is 0 Å². The molecule has 1 heterocycles. The van der Waals surface area contributed by atoms with Gasteiger partial charge in [0.15, 0.2) is 15.8 Å². The number of sulfone groups is 1. The standard InChI is InChI=1S/C16H25N3O3S.HI/c1-23(20,21)15-8-6-14(7-9-15)22-13-10-18-16(17)19-11-4-2-3-5-12-19;/h6-9H,2-5,10-13H2,1H3,(H2,17,18);1H. The molecule has 136 valence electrons. The van der Waals surface area contributed by atoms with Gasteiger partial charge in [-0.1, -0.05) is 12.8 Å². The van der Waals surface area contributed by atoms with Gasteiger partial charge in [0, 0.05) is 19.3 Å². The van der Waals surface area contributed by atoms with Crippen LogP contribution in [0.5, 0.6) is 5.75 Å². The van der Waals surface area contributed by atoms with Crippen molar-refractivity contribution in [1.29, 1.82) is 0 Å². The molecule has 1 aromatic carbocycles. The number of hydrogen-bond acceptors (Lipinski definition) is 4. The van der Waals surface area contributed by atoms with E-state index in [1.54, 1.807) is 24.3 Å². The number of likely N-dealkylation sites (tertiary alicyclic amines) is 1. The molecule has 0 radical (unpaired) electrons. The van der Waals surface area contributed by atoms with Crippen LogP contribution in [0.1, 0.15) is 25.7 Å². The Hall–Kier alpha value is -1.03. The van der Waals surface area contributed by atoms with E-state index in [0.717, 1.165) is 13.1 Å². The van der Waals surface area contributed by atoms with Gasteiger partial charge >= 0.3 is 0 Å². The van der Waals surface area contributed by atoms with Crippen molar-refractivity contribution in [3.05, 3.63) is 24.3 Å². The summed E-state index contributed by atoms with van der Waals surface area (Å²) in [6, 6.07) is 6.38. The molecule has 0 bridgehead atoms. The molecule has 1 fully saturated rings. The van der Waals surface area contributed by atoms with Gasteiger partial charge in [-0.05, 0) is 37.1 Å². The zero-order valence-corrected chi connectivity index (χ0v) is 17.1. The molecule has 24 heavy (non-hydrogen) atoms. The molecule has 2 N–H and O–H groups in total. The van der Waals surface area contributed by atoms with Crippen molar-refractivity contribution in [3.8, 4) is 5.75 Å². The first-order valence-corrected chi connectivity index (χ1v) is 9.84. The highest BCUT2D eigenvalue weighted by atomic mass is 127. The van der Waals surface area contributed by atoms with E-state index in [1.165, 1.54) is 31.9 Å². The summed E-state index contributed by atoms with van der Waals surface area (Å²) in [6.45, 7) is 2.84. The normalized spacial score (nSPS) is 16.2. The largest absolute Gasteiger partial charge is 0.492 e. The number of halogens is 1. The molecule has 0 aromatic heterocycles. The second-order valence-electron chi connectivity index (χ2n) is 5.73. The van der Waals surface area contributed by atoms with Crippen molar-refractivity contribution < 1.29 is 13.2 Å². The third kappa shape index (κ3) is 6.84. The van der Waals surface area contributed by atoms with Crippen molar-refractivity contribution in [2.45, 2.75) is 30.6 Å². The second-order valence-corrected chi connectivity index (χ2v) is 7.75. The minimum atomic E-state index is -3.17. The predicted molar refractivity (Wildman–Crippen MR) is 107 cm³/mol. The fourth-order valence-corrected chi connectivity index (χ4v) is 3.14. The van der Waals surface area contributed by atoms with E-state index in [4.69, 9.17) is 10.5 Å². The van der Waals surface area contributed by atoms with Crippen LogP contribution in [0.2, 0.25) is 0 Å². The minimum Gasteiger partial charge on any atom is -0.492 e. The Kier molecular flexibility index (Phi) is 8.82. The van der Waals surface area contributed by atoms with Crippen molar-refractivity contribution in [2.24, 2.45) is 10.7 Å². The molecular formula is C16H26IN3O3S. The van der Waals surface area contributed by atoms with E-state index >= 15 is 0 Å². The summed E-state index contributed by atoms with van der Waals surface area (Å²) < 4.78 is 28.3. The van der Waals surface area contributed by atoms with Crippen LogP contribution in [-0.2, 0) is 9.84 Å². The number of nitrogens with two attached hydrogens (primary N) is 1. The zero-order valence-electron chi connectivity index (χ0n) is 14.0. The highest BCUT2D eigenvalue weighted by Gasteiger charge is 2.10. The van der Waals surface area contributed by atoms with Crippen LogP contribution in [0.3, 0.4) is 0 Å². The van der Waals surface area contributed by atoms with Gasteiger partial charge in [0.05, 0.1) is 11.4 Å². The Bertz CT molecular complexity index is 624. The Morgan fingerprint density at radius 1 is 1.17 bits per heavy atom. The number of aliphatic imine (C=N–C) groups is 1. The van der Waals surface area contributed by atoms with E-state index < -0.39 is 9.84 Å². The van der Waals surface area contributed by atoms with E-state index in [-0.39, 0.29) is 28.9 Å². The van der Waals surface area contributed by atoms with Gasteiger partial charge in [0.2, 0.25) is 0 Å². The van der Waals surface area contributed by atoms with Crippen LogP contribution in [-0.4, -0.2) is 51.8 Å². The highest BCUT2D eigenvalue weighted by Crippen LogP contribution is 2.15. The zero-order chi connectivity index (χ0) is 16.7. The summed E-state index contributed by atoms with van der Waals surface area (Å²) in [5, 5.41) is 0. The van der Waals surface area contributed by atoms with E-state index in [9.17, 15) is 8.42 Å². The molecule has 1 aliphatic rings. The lowest BCUT2D eigenvalue weighted by molar-refractivity contribution is 0.327. The molecule has 1 aromatic rings. The van der Waals surface area contributed by atoms with E-state index in [2.05, 4.69) is 9.89 Å². The first-order chi connectivity index (χ1) is 11.0. The molecule has 6 nitrogen and oxygen atoms in total. The van der Waals surface area contributed by atoms with Gasteiger partial charge in [-0.15, -0.1) is 24.0 Å². The van der Waals surface area contributed by atoms with Crippen LogP contribution >= 0.6 is 24.0 Å². The van der Waals surface area contributed by atoms with Crippen molar-refractivity contribution in [1.82, 2.24) is 4.90 Å². The summed E-state index contributed by atoms with van der Waals surface area (Å²) in [4.78, 5) is 6.78. The summed E-state index contributed by atoms with van der Waals surface area (Å²) in [6.07, 6.45) is 6.04. The number of rotatable bonds is 5. The number of benzene rings is 1. The summed E-state index contributed by atoms with van der Waals surface area (Å²) in [7, 11) is -3.17. The molecule has 0 spiro atoms. The second kappa shape index (κ2) is 10.1. The number of nitrogens with zero attached hydrogens (tertiary/aromatic N) is 2. The molecule has 8 heteroatoms. The van der Waals surface area contributed by atoms with Gasteiger partial charge in [0.1, 0.15) is 12.4 Å². The minimum absolute atomic E-state index is 0.